The van der Waals surface area contributed by atoms with Gasteiger partial charge in [0.25, 0.3) is 6.43 Å². The minimum absolute atomic E-state index is 0.162. The van der Waals surface area contributed by atoms with Crippen LogP contribution in [0.3, 0.4) is 0 Å². The Morgan fingerprint density at radius 1 is 1.18 bits per heavy atom. The van der Waals surface area contributed by atoms with Gasteiger partial charge in [0.2, 0.25) is 0 Å². The van der Waals surface area contributed by atoms with Gasteiger partial charge in [0, 0.05) is 29.5 Å². The van der Waals surface area contributed by atoms with Crippen molar-refractivity contribution < 1.29 is 17.9 Å². The summed E-state index contributed by atoms with van der Waals surface area (Å²) < 4.78 is 46.5. The van der Waals surface area contributed by atoms with Crippen molar-refractivity contribution in [2.75, 3.05) is 36.5 Å². The normalized spacial score (nSPS) is 18.5. The van der Waals surface area contributed by atoms with E-state index >= 15 is 0 Å². The number of rotatable bonds is 5. The molecule has 33 heavy (non-hydrogen) atoms. The van der Waals surface area contributed by atoms with Gasteiger partial charge in [-0.2, -0.15) is 0 Å². The smallest absolute Gasteiger partial charge is 0.266 e. The van der Waals surface area contributed by atoms with Crippen molar-refractivity contribution >= 4 is 22.5 Å². The summed E-state index contributed by atoms with van der Waals surface area (Å²) in [6.45, 7) is 6.87. The number of nitrogens with one attached hydrogen (secondary N) is 1. The molecule has 1 N–H and O–H groups in total. The fraction of sp³-hybridized carbons (Fsp3) is 0.458. The number of ether oxygens (including phenoxy) is 1. The Labute approximate surface area is 190 Å². The second-order valence-corrected chi connectivity index (χ2v) is 9.11. The van der Waals surface area contributed by atoms with Crippen molar-refractivity contribution in [3.8, 4) is 0 Å². The molecule has 2 aromatic heterocycles. The van der Waals surface area contributed by atoms with Gasteiger partial charge >= 0.3 is 0 Å². The number of pyridine rings is 1. The summed E-state index contributed by atoms with van der Waals surface area (Å²) >= 11 is 0. The van der Waals surface area contributed by atoms with Gasteiger partial charge in [0.15, 0.2) is 0 Å². The van der Waals surface area contributed by atoms with Crippen LogP contribution in [0.4, 0.5) is 24.8 Å². The van der Waals surface area contributed by atoms with Crippen LogP contribution in [0.5, 0.6) is 0 Å². The van der Waals surface area contributed by atoms with Crippen molar-refractivity contribution in [3.05, 3.63) is 53.2 Å². The van der Waals surface area contributed by atoms with Crippen LogP contribution in [0.25, 0.3) is 10.9 Å². The maximum Gasteiger partial charge on any atom is 0.266 e. The van der Waals surface area contributed by atoms with E-state index in [1.54, 1.807) is 20.0 Å². The molecule has 1 spiro atoms. The number of hydrogen-bond donors (Lipinski definition) is 1. The molecule has 1 atom stereocenters. The van der Waals surface area contributed by atoms with E-state index < -0.39 is 23.8 Å². The summed E-state index contributed by atoms with van der Waals surface area (Å²) in [7, 11) is 0. The van der Waals surface area contributed by atoms with Crippen LogP contribution < -0.4 is 10.2 Å². The van der Waals surface area contributed by atoms with E-state index in [9.17, 15) is 13.2 Å². The number of piperidine rings is 1. The third-order valence-corrected chi connectivity index (χ3v) is 6.59. The topological polar surface area (TPSA) is 63.2 Å². The van der Waals surface area contributed by atoms with Gasteiger partial charge in [-0.15, -0.1) is 0 Å². The summed E-state index contributed by atoms with van der Waals surface area (Å²) in [6, 6.07) is 5.43. The zero-order valence-electron chi connectivity index (χ0n) is 18.6. The van der Waals surface area contributed by atoms with Crippen molar-refractivity contribution in [1.82, 2.24) is 15.0 Å². The molecule has 0 amide bonds. The molecule has 0 bridgehead atoms. The second kappa shape index (κ2) is 8.44. The van der Waals surface area contributed by atoms with Gasteiger partial charge in [0.1, 0.15) is 23.3 Å². The van der Waals surface area contributed by atoms with Crippen LogP contribution in [0.15, 0.2) is 30.5 Å². The van der Waals surface area contributed by atoms with Gasteiger partial charge in [-0.3, -0.25) is 0 Å². The predicted octanol–water partition coefficient (Wildman–Crippen LogP) is 5.20. The highest BCUT2D eigenvalue weighted by atomic mass is 19.3. The largest absolute Gasteiger partial charge is 0.380 e. The third-order valence-electron chi connectivity index (χ3n) is 6.59. The Morgan fingerprint density at radius 2 is 1.97 bits per heavy atom. The number of fused-ring (bicyclic) bond motifs is 1. The monoisotopic (exact) mass is 457 g/mol. The maximum absolute atomic E-state index is 14.7. The summed E-state index contributed by atoms with van der Waals surface area (Å²) in [5.41, 5.74) is 0.438. The van der Waals surface area contributed by atoms with Crippen LogP contribution in [0.1, 0.15) is 49.2 Å². The molecule has 3 aromatic rings. The minimum atomic E-state index is -2.87. The molecule has 5 rings (SSSR count). The third kappa shape index (κ3) is 4.10. The Hall–Kier alpha value is -2.94. The lowest BCUT2D eigenvalue weighted by Gasteiger charge is -2.48. The van der Waals surface area contributed by atoms with Crippen LogP contribution in [-0.4, -0.2) is 41.3 Å². The van der Waals surface area contributed by atoms with Crippen LogP contribution in [0, 0.1) is 18.2 Å². The van der Waals surface area contributed by atoms with Crippen molar-refractivity contribution in [2.45, 2.75) is 39.2 Å². The fourth-order valence-corrected chi connectivity index (χ4v) is 4.80. The summed E-state index contributed by atoms with van der Waals surface area (Å²) in [4.78, 5) is 15.9. The van der Waals surface area contributed by atoms with E-state index in [4.69, 9.17) is 4.74 Å². The quantitative estimate of drug-likeness (QED) is 0.568. The highest BCUT2D eigenvalue weighted by Crippen LogP contribution is 2.39. The van der Waals surface area contributed by atoms with Gasteiger partial charge in [0.05, 0.1) is 36.5 Å². The predicted molar refractivity (Wildman–Crippen MR) is 120 cm³/mol. The molecule has 0 radical (unpaired) electrons. The standard InChI is InChI=1S/C24H26F3N5O/c1-14(16-5-3-6-17(21(16)25)22(26)27)29-23-18-9-20(28-10-19(18)30-15(2)31-23)32-8-4-7-24(11-32)12-33-13-24/h3,5-6,9-10,14,22H,4,7-8,11-13H2,1-2H3,(H,29,30,31)/t14-/m1/s1. The van der Waals surface area contributed by atoms with Crippen LogP contribution in [0.2, 0.25) is 0 Å². The molecule has 1 aromatic carbocycles. The SMILES string of the molecule is Cc1nc(N[C@H](C)c2cccc(C(F)F)c2F)c2cc(N3CCCC4(COC4)C3)ncc2n1. The summed E-state index contributed by atoms with van der Waals surface area (Å²) in [6.07, 6.45) is 1.09. The average molecular weight is 458 g/mol. The van der Waals surface area contributed by atoms with Crippen LogP contribution >= 0.6 is 0 Å². The first kappa shape index (κ1) is 21.9. The molecule has 2 aliphatic heterocycles. The lowest BCUT2D eigenvalue weighted by molar-refractivity contribution is -0.117. The number of halogens is 3. The van der Waals surface area contributed by atoms with E-state index in [0.29, 0.717) is 17.2 Å². The number of hydrogen-bond acceptors (Lipinski definition) is 6. The second-order valence-electron chi connectivity index (χ2n) is 9.11. The van der Waals surface area contributed by atoms with Crippen molar-refractivity contribution in [1.29, 1.82) is 0 Å². The summed E-state index contributed by atoms with van der Waals surface area (Å²) in [5, 5.41) is 3.97. The minimum Gasteiger partial charge on any atom is -0.380 e. The van der Waals surface area contributed by atoms with E-state index in [1.165, 1.54) is 12.1 Å². The first-order chi connectivity index (χ1) is 15.8. The molecule has 4 heterocycles. The molecule has 0 aliphatic carbocycles. The first-order valence-electron chi connectivity index (χ1n) is 11.2. The zero-order valence-corrected chi connectivity index (χ0v) is 18.6. The number of anilines is 2. The first-order valence-corrected chi connectivity index (χ1v) is 11.2. The molecule has 9 heteroatoms. The molecule has 2 aliphatic rings. The molecular weight excluding hydrogens is 431 g/mol. The van der Waals surface area contributed by atoms with E-state index in [-0.39, 0.29) is 11.0 Å². The number of nitrogens with zero attached hydrogens (tertiary/aromatic N) is 4. The van der Waals surface area contributed by atoms with Crippen molar-refractivity contribution in [3.63, 3.8) is 0 Å². The highest BCUT2D eigenvalue weighted by molar-refractivity contribution is 5.90. The van der Waals surface area contributed by atoms with Gasteiger partial charge in [-0.25, -0.2) is 28.1 Å². The average Bonchev–Trinajstić information content (AvgIpc) is 2.77. The molecule has 6 nitrogen and oxygen atoms in total. The van der Waals surface area contributed by atoms with E-state index in [2.05, 4.69) is 25.2 Å². The Morgan fingerprint density at radius 3 is 2.70 bits per heavy atom. The number of aromatic nitrogens is 3. The number of benzene rings is 1. The lowest BCUT2D eigenvalue weighted by Crippen LogP contribution is -2.54. The Kier molecular flexibility index (Phi) is 5.60. The molecular formula is C24H26F3N5O. The molecule has 0 unspecified atom stereocenters. The number of alkyl halides is 2. The van der Waals surface area contributed by atoms with Gasteiger partial charge in [-0.1, -0.05) is 18.2 Å². The molecule has 2 saturated heterocycles. The highest BCUT2D eigenvalue weighted by Gasteiger charge is 2.42. The molecule has 2 fully saturated rings. The maximum atomic E-state index is 14.7. The molecule has 174 valence electrons. The Balaban J connectivity index is 1.48. The van der Waals surface area contributed by atoms with E-state index in [0.717, 1.165) is 56.4 Å². The van der Waals surface area contributed by atoms with Gasteiger partial charge < -0.3 is 15.0 Å². The van der Waals surface area contributed by atoms with Gasteiger partial charge in [-0.05, 0) is 32.8 Å². The van der Waals surface area contributed by atoms with Crippen molar-refractivity contribution in [2.24, 2.45) is 5.41 Å². The molecule has 0 saturated carbocycles. The lowest BCUT2D eigenvalue weighted by atomic mass is 9.78. The zero-order chi connectivity index (χ0) is 23.2. The number of aryl methyl sites for hydroxylation is 1. The van der Waals surface area contributed by atoms with Crippen LogP contribution in [-0.2, 0) is 4.74 Å². The van der Waals surface area contributed by atoms with E-state index in [1.807, 2.05) is 6.07 Å². The fourth-order valence-electron chi connectivity index (χ4n) is 4.80. The summed E-state index contributed by atoms with van der Waals surface area (Å²) in [5.74, 6) is 1.00. The Bertz CT molecular complexity index is 1180.